The summed E-state index contributed by atoms with van der Waals surface area (Å²) >= 11 is 1.56. The number of aromatic nitrogens is 2. The first-order valence-corrected chi connectivity index (χ1v) is 6.55. The standard InChI is InChI=1S/C13H16N2OS/c1-10-3-4-12(9-11(10)2)15-6-5-14-13(15)17-8-7-16/h3-6,9,16H,7-8H2,1-2H3. The molecule has 0 aliphatic heterocycles. The van der Waals surface area contributed by atoms with Crippen LogP contribution in [0, 0.1) is 13.8 Å². The zero-order chi connectivity index (χ0) is 12.3. The Hall–Kier alpha value is -1.26. The second-order valence-corrected chi connectivity index (χ2v) is 4.98. The van der Waals surface area contributed by atoms with Crippen LogP contribution in [0.2, 0.25) is 0 Å². The zero-order valence-electron chi connectivity index (χ0n) is 10.1. The van der Waals surface area contributed by atoms with Gasteiger partial charge < -0.3 is 5.11 Å². The number of aliphatic hydroxyl groups is 1. The smallest absolute Gasteiger partial charge is 0.172 e. The molecule has 0 saturated carbocycles. The van der Waals surface area contributed by atoms with E-state index in [1.807, 2.05) is 10.8 Å². The van der Waals surface area contributed by atoms with Gasteiger partial charge in [-0.15, -0.1) is 0 Å². The molecule has 0 amide bonds. The molecule has 0 aliphatic rings. The fourth-order valence-electron chi connectivity index (χ4n) is 1.61. The van der Waals surface area contributed by atoms with Gasteiger partial charge in [-0.25, -0.2) is 4.98 Å². The molecule has 1 N–H and O–H groups in total. The van der Waals surface area contributed by atoms with Gasteiger partial charge in [-0.05, 0) is 37.1 Å². The Bertz CT molecular complexity index is 508. The lowest BCUT2D eigenvalue weighted by Crippen LogP contribution is -1.98. The highest BCUT2D eigenvalue weighted by Gasteiger charge is 2.05. The molecule has 2 rings (SSSR count). The first kappa shape index (κ1) is 12.2. The van der Waals surface area contributed by atoms with E-state index in [0.717, 1.165) is 10.8 Å². The van der Waals surface area contributed by atoms with Crippen LogP contribution < -0.4 is 0 Å². The van der Waals surface area contributed by atoms with Gasteiger partial charge in [0.05, 0.1) is 6.61 Å². The third-order valence-electron chi connectivity index (χ3n) is 2.70. The van der Waals surface area contributed by atoms with E-state index in [1.54, 1.807) is 18.0 Å². The molecule has 0 atom stereocenters. The van der Waals surface area contributed by atoms with Crippen LogP contribution in [-0.4, -0.2) is 27.0 Å². The van der Waals surface area contributed by atoms with Gasteiger partial charge in [0.2, 0.25) is 0 Å². The molecule has 17 heavy (non-hydrogen) atoms. The predicted octanol–water partition coefficient (Wildman–Crippen LogP) is 2.57. The normalized spacial score (nSPS) is 10.8. The summed E-state index contributed by atoms with van der Waals surface area (Å²) in [7, 11) is 0. The molecule has 0 spiro atoms. The molecular weight excluding hydrogens is 232 g/mol. The van der Waals surface area contributed by atoms with Gasteiger partial charge in [0, 0.05) is 23.8 Å². The minimum atomic E-state index is 0.171. The van der Waals surface area contributed by atoms with Crippen molar-refractivity contribution in [1.29, 1.82) is 0 Å². The molecule has 90 valence electrons. The fraction of sp³-hybridized carbons (Fsp3) is 0.308. The molecule has 0 aliphatic carbocycles. The number of imidazole rings is 1. The van der Waals surface area contributed by atoms with Crippen LogP contribution in [0.4, 0.5) is 0 Å². The molecule has 0 radical (unpaired) electrons. The molecule has 0 unspecified atom stereocenters. The third-order valence-corrected chi connectivity index (χ3v) is 3.64. The van der Waals surface area contributed by atoms with Gasteiger partial charge in [0.1, 0.15) is 0 Å². The second kappa shape index (κ2) is 5.38. The number of aryl methyl sites for hydroxylation is 2. The van der Waals surface area contributed by atoms with Crippen molar-refractivity contribution in [3.63, 3.8) is 0 Å². The Morgan fingerprint density at radius 2 is 2.12 bits per heavy atom. The lowest BCUT2D eigenvalue weighted by atomic mass is 10.1. The summed E-state index contributed by atoms with van der Waals surface area (Å²) in [4.78, 5) is 4.30. The van der Waals surface area contributed by atoms with Crippen LogP contribution in [0.5, 0.6) is 0 Å². The van der Waals surface area contributed by atoms with Crippen molar-refractivity contribution in [3.8, 4) is 5.69 Å². The number of aliphatic hydroxyl groups excluding tert-OH is 1. The maximum Gasteiger partial charge on any atom is 0.172 e. The topological polar surface area (TPSA) is 38.0 Å². The highest BCUT2D eigenvalue weighted by atomic mass is 32.2. The summed E-state index contributed by atoms with van der Waals surface area (Å²) in [5.41, 5.74) is 3.68. The van der Waals surface area contributed by atoms with E-state index in [1.165, 1.54) is 11.1 Å². The van der Waals surface area contributed by atoms with Crippen molar-refractivity contribution in [2.75, 3.05) is 12.4 Å². The summed E-state index contributed by atoms with van der Waals surface area (Å²) in [5.74, 6) is 0.669. The molecule has 1 heterocycles. The highest BCUT2D eigenvalue weighted by molar-refractivity contribution is 7.99. The number of hydrogen-bond donors (Lipinski definition) is 1. The van der Waals surface area contributed by atoms with E-state index in [9.17, 15) is 0 Å². The predicted molar refractivity (Wildman–Crippen MR) is 70.8 cm³/mol. The minimum absolute atomic E-state index is 0.171. The molecule has 2 aromatic rings. The molecule has 3 nitrogen and oxygen atoms in total. The van der Waals surface area contributed by atoms with Gasteiger partial charge in [-0.2, -0.15) is 0 Å². The van der Waals surface area contributed by atoms with Gasteiger partial charge in [-0.1, -0.05) is 17.8 Å². The van der Waals surface area contributed by atoms with Gasteiger partial charge >= 0.3 is 0 Å². The Labute approximate surface area is 106 Å². The molecule has 0 fully saturated rings. The number of thioether (sulfide) groups is 1. The van der Waals surface area contributed by atoms with Crippen LogP contribution in [0.3, 0.4) is 0 Å². The lowest BCUT2D eigenvalue weighted by Gasteiger charge is -2.09. The fourth-order valence-corrected chi connectivity index (χ4v) is 2.32. The van der Waals surface area contributed by atoms with Crippen LogP contribution in [0.25, 0.3) is 5.69 Å². The first-order chi connectivity index (χ1) is 8.22. The van der Waals surface area contributed by atoms with Gasteiger partial charge in [-0.3, -0.25) is 4.57 Å². The monoisotopic (exact) mass is 248 g/mol. The molecular formula is C13H16N2OS. The Balaban J connectivity index is 2.32. The molecule has 0 bridgehead atoms. The zero-order valence-corrected chi connectivity index (χ0v) is 10.9. The maximum atomic E-state index is 8.85. The number of nitrogens with zero attached hydrogens (tertiary/aromatic N) is 2. The van der Waals surface area contributed by atoms with Crippen molar-refractivity contribution in [2.45, 2.75) is 19.0 Å². The largest absolute Gasteiger partial charge is 0.396 e. The van der Waals surface area contributed by atoms with Gasteiger partial charge in [0.15, 0.2) is 5.16 Å². The number of hydrogen-bond acceptors (Lipinski definition) is 3. The molecule has 1 aromatic heterocycles. The first-order valence-electron chi connectivity index (χ1n) is 5.57. The second-order valence-electron chi connectivity index (χ2n) is 3.92. The minimum Gasteiger partial charge on any atom is -0.396 e. The van der Waals surface area contributed by atoms with Crippen molar-refractivity contribution >= 4 is 11.8 Å². The Morgan fingerprint density at radius 3 is 2.82 bits per heavy atom. The van der Waals surface area contributed by atoms with Crippen LogP contribution in [-0.2, 0) is 0 Å². The van der Waals surface area contributed by atoms with Crippen LogP contribution in [0.15, 0.2) is 35.7 Å². The quantitative estimate of drug-likeness (QED) is 0.845. The molecule has 1 aromatic carbocycles. The highest BCUT2D eigenvalue weighted by Crippen LogP contribution is 2.21. The van der Waals surface area contributed by atoms with E-state index >= 15 is 0 Å². The van der Waals surface area contributed by atoms with E-state index < -0.39 is 0 Å². The number of rotatable bonds is 4. The van der Waals surface area contributed by atoms with Crippen molar-refractivity contribution < 1.29 is 5.11 Å². The average molecular weight is 248 g/mol. The summed E-state index contributed by atoms with van der Waals surface area (Å²) < 4.78 is 2.05. The summed E-state index contributed by atoms with van der Waals surface area (Å²) in [5, 5.41) is 9.77. The van der Waals surface area contributed by atoms with E-state index in [-0.39, 0.29) is 6.61 Å². The number of benzene rings is 1. The van der Waals surface area contributed by atoms with E-state index in [2.05, 4.69) is 37.0 Å². The van der Waals surface area contributed by atoms with Crippen LogP contribution in [0.1, 0.15) is 11.1 Å². The van der Waals surface area contributed by atoms with Crippen LogP contribution >= 0.6 is 11.8 Å². The summed E-state index contributed by atoms with van der Waals surface area (Å²) in [6.45, 7) is 4.38. The third kappa shape index (κ3) is 2.70. The van der Waals surface area contributed by atoms with Crippen molar-refractivity contribution in [2.24, 2.45) is 0 Å². The van der Waals surface area contributed by atoms with E-state index in [4.69, 9.17) is 5.11 Å². The summed E-state index contributed by atoms with van der Waals surface area (Å²) in [6, 6.07) is 6.36. The summed E-state index contributed by atoms with van der Waals surface area (Å²) in [6.07, 6.45) is 3.73. The maximum absolute atomic E-state index is 8.85. The Kier molecular flexibility index (Phi) is 3.86. The van der Waals surface area contributed by atoms with Crippen molar-refractivity contribution in [3.05, 3.63) is 41.7 Å². The molecule has 4 heteroatoms. The molecule has 0 saturated heterocycles. The average Bonchev–Trinajstić information content (AvgIpc) is 2.78. The van der Waals surface area contributed by atoms with E-state index in [0.29, 0.717) is 5.75 Å². The van der Waals surface area contributed by atoms with Crippen molar-refractivity contribution in [1.82, 2.24) is 9.55 Å². The Morgan fingerprint density at radius 1 is 1.29 bits per heavy atom. The van der Waals surface area contributed by atoms with Gasteiger partial charge in [0.25, 0.3) is 0 Å². The SMILES string of the molecule is Cc1ccc(-n2ccnc2SCCO)cc1C. The lowest BCUT2D eigenvalue weighted by molar-refractivity contribution is 0.322.